The third-order valence-electron chi connectivity index (χ3n) is 2.49. The van der Waals surface area contributed by atoms with E-state index in [2.05, 4.69) is 10.0 Å². The lowest BCUT2D eigenvalue weighted by Crippen LogP contribution is -2.13. The number of nitrogens with one attached hydrogen (secondary N) is 2. The predicted octanol–water partition coefficient (Wildman–Crippen LogP) is 3.58. The summed E-state index contributed by atoms with van der Waals surface area (Å²) in [6.07, 6.45) is 0. The molecule has 0 aliphatic carbocycles. The van der Waals surface area contributed by atoms with Crippen LogP contribution in [0.25, 0.3) is 0 Å². The molecule has 0 aliphatic heterocycles. The third kappa shape index (κ3) is 3.45. The van der Waals surface area contributed by atoms with Crippen molar-refractivity contribution in [3.8, 4) is 0 Å². The lowest BCUT2D eigenvalue weighted by molar-refractivity contribution is 0.601. The quantitative estimate of drug-likeness (QED) is 0.866. The molecule has 2 rings (SSSR count). The van der Waals surface area contributed by atoms with E-state index in [0.717, 1.165) is 4.88 Å². The lowest BCUT2D eigenvalue weighted by Gasteiger charge is -2.09. The first kappa shape index (κ1) is 15.6. The van der Waals surface area contributed by atoms with E-state index in [9.17, 15) is 8.42 Å². The summed E-state index contributed by atoms with van der Waals surface area (Å²) in [6, 6.07) is 6.42. The zero-order valence-corrected chi connectivity index (χ0v) is 13.6. The average Bonchev–Trinajstić information content (AvgIpc) is 2.84. The van der Waals surface area contributed by atoms with Crippen molar-refractivity contribution in [2.45, 2.75) is 11.4 Å². The summed E-state index contributed by atoms with van der Waals surface area (Å²) >= 11 is 13.3. The van der Waals surface area contributed by atoms with Gasteiger partial charge >= 0.3 is 0 Å². The summed E-state index contributed by atoms with van der Waals surface area (Å²) in [5, 5.41) is 5.07. The molecule has 1 aromatic carbocycles. The summed E-state index contributed by atoms with van der Waals surface area (Å²) in [5.41, 5.74) is 0.192. The second-order valence-corrected chi connectivity index (χ2v) is 7.47. The first-order valence-corrected chi connectivity index (χ1v) is 8.75. The molecule has 0 amide bonds. The van der Waals surface area contributed by atoms with Crippen molar-refractivity contribution in [2.24, 2.45) is 0 Å². The van der Waals surface area contributed by atoms with Crippen molar-refractivity contribution in [3.05, 3.63) is 44.6 Å². The fraction of sp³-hybridized carbons (Fsp3) is 0.167. The van der Waals surface area contributed by atoms with Gasteiger partial charge in [-0.1, -0.05) is 29.3 Å². The Morgan fingerprint density at radius 1 is 1.25 bits per heavy atom. The highest BCUT2D eigenvalue weighted by atomic mass is 35.5. The van der Waals surface area contributed by atoms with E-state index < -0.39 is 10.0 Å². The summed E-state index contributed by atoms with van der Waals surface area (Å²) in [5.74, 6) is 0. The van der Waals surface area contributed by atoms with Crippen LogP contribution in [0.1, 0.15) is 4.88 Å². The fourth-order valence-electron chi connectivity index (χ4n) is 1.56. The van der Waals surface area contributed by atoms with Crippen LogP contribution in [0, 0.1) is 0 Å². The van der Waals surface area contributed by atoms with Crippen molar-refractivity contribution in [1.29, 1.82) is 0 Å². The van der Waals surface area contributed by atoms with Crippen LogP contribution < -0.4 is 10.0 Å². The van der Waals surface area contributed by atoms with Gasteiger partial charge in [0.2, 0.25) is 0 Å². The Balaban J connectivity index is 2.31. The summed E-state index contributed by atoms with van der Waals surface area (Å²) in [7, 11) is -1.89. The van der Waals surface area contributed by atoms with E-state index in [4.69, 9.17) is 23.2 Å². The Kier molecular flexibility index (Phi) is 4.93. The molecular formula is C12H12Cl2N2O2S2. The van der Waals surface area contributed by atoms with Crippen molar-refractivity contribution in [3.63, 3.8) is 0 Å². The molecule has 20 heavy (non-hydrogen) atoms. The number of halogens is 2. The topological polar surface area (TPSA) is 58.2 Å². The van der Waals surface area contributed by atoms with Crippen LogP contribution in [-0.4, -0.2) is 15.5 Å². The van der Waals surface area contributed by atoms with Gasteiger partial charge in [0, 0.05) is 16.8 Å². The Morgan fingerprint density at radius 3 is 2.50 bits per heavy atom. The van der Waals surface area contributed by atoms with Gasteiger partial charge < -0.3 is 5.32 Å². The zero-order chi connectivity index (χ0) is 14.8. The van der Waals surface area contributed by atoms with E-state index in [1.807, 2.05) is 0 Å². The standard InChI is InChI=1S/C12H12Cl2N2O2S2/c1-15-6-8-5-9(7-19-8)20(17,18)16-12-10(13)3-2-4-11(12)14/h2-5,7,15-16H,6H2,1H3. The highest BCUT2D eigenvalue weighted by molar-refractivity contribution is 7.92. The number of sulfonamides is 1. The Labute approximate surface area is 131 Å². The number of para-hydroxylation sites is 1. The number of thiophene rings is 1. The van der Waals surface area contributed by atoms with E-state index in [1.54, 1.807) is 36.7 Å². The van der Waals surface area contributed by atoms with Crippen LogP contribution in [0.4, 0.5) is 5.69 Å². The molecule has 2 aromatic rings. The highest BCUT2D eigenvalue weighted by Crippen LogP contribution is 2.32. The van der Waals surface area contributed by atoms with Gasteiger partial charge in [-0.3, -0.25) is 4.72 Å². The second kappa shape index (κ2) is 6.32. The van der Waals surface area contributed by atoms with Gasteiger partial charge in [0.15, 0.2) is 0 Å². The minimum atomic E-state index is -3.69. The number of rotatable bonds is 5. The lowest BCUT2D eigenvalue weighted by atomic mass is 10.3. The molecule has 108 valence electrons. The van der Waals surface area contributed by atoms with Gasteiger partial charge in [-0.2, -0.15) is 0 Å². The molecule has 0 unspecified atom stereocenters. The molecule has 0 saturated carbocycles. The summed E-state index contributed by atoms with van der Waals surface area (Å²) in [4.78, 5) is 1.13. The smallest absolute Gasteiger partial charge is 0.262 e. The number of hydrogen-bond acceptors (Lipinski definition) is 4. The van der Waals surface area contributed by atoms with E-state index in [0.29, 0.717) is 6.54 Å². The number of benzene rings is 1. The first-order valence-electron chi connectivity index (χ1n) is 5.63. The van der Waals surface area contributed by atoms with E-state index in [1.165, 1.54) is 11.3 Å². The van der Waals surface area contributed by atoms with Gasteiger partial charge in [-0.05, 0) is 25.2 Å². The molecule has 0 radical (unpaired) electrons. The molecule has 0 saturated heterocycles. The van der Waals surface area contributed by atoms with Gasteiger partial charge in [-0.25, -0.2) is 8.42 Å². The molecule has 0 spiro atoms. The monoisotopic (exact) mass is 350 g/mol. The molecule has 8 heteroatoms. The normalized spacial score (nSPS) is 11.6. The number of hydrogen-bond donors (Lipinski definition) is 2. The minimum absolute atomic E-state index is 0.192. The van der Waals surface area contributed by atoms with Crippen molar-refractivity contribution < 1.29 is 8.42 Å². The van der Waals surface area contributed by atoms with Gasteiger partial charge in [0.1, 0.15) is 0 Å². The molecule has 1 heterocycles. The van der Waals surface area contributed by atoms with Crippen molar-refractivity contribution in [1.82, 2.24) is 5.32 Å². The third-order valence-corrected chi connectivity index (χ3v) is 5.54. The molecule has 0 aliphatic rings. The molecule has 2 N–H and O–H groups in total. The van der Waals surface area contributed by atoms with Crippen molar-refractivity contribution >= 4 is 50.2 Å². The van der Waals surface area contributed by atoms with E-state index >= 15 is 0 Å². The first-order chi connectivity index (χ1) is 9.44. The maximum absolute atomic E-state index is 12.3. The van der Waals surface area contributed by atoms with Gasteiger partial charge in [-0.15, -0.1) is 11.3 Å². The molecule has 4 nitrogen and oxygen atoms in total. The predicted molar refractivity (Wildman–Crippen MR) is 84.4 cm³/mol. The Bertz CT molecular complexity index is 694. The maximum Gasteiger partial charge on any atom is 0.262 e. The van der Waals surface area contributed by atoms with Crippen LogP contribution in [0.15, 0.2) is 34.5 Å². The maximum atomic E-state index is 12.3. The highest BCUT2D eigenvalue weighted by Gasteiger charge is 2.19. The molecule has 0 bridgehead atoms. The molecule has 0 atom stereocenters. The Hall–Kier alpha value is -0.790. The van der Waals surface area contributed by atoms with Crippen LogP contribution in [0.2, 0.25) is 10.0 Å². The van der Waals surface area contributed by atoms with Crippen LogP contribution in [0.3, 0.4) is 0 Å². The second-order valence-electron chi connectivity index (χ2n) is 3.98. The average molecular weight is 351 g/mol. The van der Waals surface area contributed by atoms with Gasteiger partial charge in [0.05, 0.1) is 20.6 Å². The van der Waals surface area contributed by atoms with Crippen LogP contribution in [0.5, 0.6) is 0 Å². The SMILES string of the molecule is CNCc1cc(S(=O)(=O)Nc2c(Cl)cccc2Cl)cs1. The molecule has 0 fully saturated rings. The molecular weight excluding hydrogens is 339 g/mol. The molecule has 1 aromatic heterocycles. The van der Waals surface area contributed by atoms with Crippen LogP contribution >= 0.6 is 34.5 Å². The van der Waals surface area contributed by atoms with Crippen molar-refractivity contribution in [2.75, 3.05) is 11.8 Å². The summed E-state index contributed by atoms with van der Waals surface area (Å²) < 4.78 is 27.0. The van der Waals surface area contributed by atoms with Gasteiger partial charge in [0.25, 0.3) is 10.0 Å². The number of anilines is 1. The fourth-order valence-corrected chi connectivity index (χ4v) is 4.55. The minimum Gasteiger partial charge on any atom is -0.315 e. The van der Waals surface area contributed by atoms with E-state index in [-0.39, 0.29) is 20.6 Å². The van der Waals surface area contributed by atoms with Crippen LogP contribution in [-0.2, 0) is 16.6 Å². The zero-order valence-electron chi connectivity index (χ0n) is 10.5. The summed E-state index contributed by atoms with van der Waals surface area (Å²) in [6.45, 7) is 0.618. The largest absolute Gasteiger partial charge is 0.315 e. The Morgan fingerprint density at radius 2 is 1.90 bits per heavy atom.